The molecule has 0 atom stereocenters. The number of nitrogens with zero attached hydrogens (tertiary/aromatic N) is 5. The van der Waals surface area contributed by atoms with Crippen LogP contribution in [0.1, 0.15) is 43.7 Å². The highest BCUT2D eigenvalue weighted by molar-refractivity contribution is 6.15. The molecule has 160 valence electrons. The van der Waals surface area contributed by atoms with Gasteiger partial charge in [0.15, 0.2) is 11.5 Å². The third kappa shape index (κ3) is 3.33. The zero-order valence-corrected chi connectivity index (χ0v) is 17.0. The minimum Gasteiger partial charge on any atom is -0.366 e. The van der Waals surface area contributed by atoms with Crippen LogP contribution in [0.15, 0.2) is 28.8 Å². The van der Waals surface area contributed by atoms with Crippen LogP contribution >= 0.6 is 0 Å². The standard InChI is InChI=1S/C21H16FN7O3/c1-9-16(10(2)29(27-9)8-13-6-12(7-23)28-32-13)18-17(20(24)30)14-4-3-11(22)5-15(14)26-19(18)21(25)31/h3-6H,8H2,1-2H3,(H2,24,30)(H2,25,31). The number of aryl methyl sites for hydroxylation is 1. The first-order chi connectivity index (χ1) is 15.2. The summed E-state index contributed by atoms with van der Waals surface area (Å²) in [5.74, 6) is -1.94. The molecule has 3 heterocycles. The van der Waals surface area contributed by atoms with E-state index in [-0.39, 0.29) is 40.0 Å². The van der Waals surface area contributed by atoms with Crippen LogP contribution in [0.2, 0.25) is 0 Å². The first-order valence-electron chi connectivity index (χ1n) is 9.34. The van der Waals surface area contributed by atoms with Gasteiger partial charge in [0.1, 0.15) is 24.1 Å². The van der Waals surface area contributed by atoms with Gasteiger partial charge in [-0.05, 0) is 26.0 Å². The number of nitrogens with two attached hydrogens (primary N) is 2. The molecular formula is C21H16FN7O3. The van der Waals surface area contributed by atoms with E-state index in [0.29, 0.717) is 22.7 Å². The number of fused-ring (bicyclic) bond motifs is 1. The summed E-state index contributed by atoms with van der Waals surface area (Å²) in [5, 5.41) is 17.3. The van der Waals surface area contributed by atoms with Gasteiger partial charge in [-0.1, -0.05) is 5.16 Å². The highest BCUT2D eigenvalue weighted by Gasteiger charge is 2.28. The fraction of sp³-hybridized carbons (Fsp3) is 0.143. The lowest BCUT2D eigenvalue weighted by molar-refractivity contribution is 0.0996. The number of nitriles is 1. The number of pyridine rings is 1. The summed E-state index contributed by atoms with van der Waals surface area (Å²) in [4.78, 5) is 29.0. The Hall–Kier alpha value is -4.59. The quantitative estimate of drug-likeness (QED) is 0.485. The van der Waals surface area contributed by atoms with Gasteiger partial charge in [-0.15, -0.1) is 0 Å². The number of carbonyl (C=O) groups is 2. The highest BCUT2D eigenvalue weighted by atomic mass is 19.1. The van der Waals surface area contributed by atoms with Gasteiger partial charge in [-0.3, -0.25) is 14.3 Å². The van der Waals surface area contributed by atoms with Crippen molar-refractivity contribution in [3.05, 3.63) is 64.2 Å². The molecule has 0 radical (unpaired) electrons. The maximum absolute atomic E-state index is 13.8. The SMILES string of the molecule is Cc1nn(Cc2cc(C#N)no2)c(C)c1-c1c(C(N)=O)nc2cc(F)ccc2c1C(N)=O. The van der Waals surface area contributed by atoms with Crippen molar-refractivity contribution in [2.24, 2.45) is 11.5 Å². The summed E-state index contributed by atoms with van der Waals surface area (Å²) in [6.07, 6.45) is 0. The first kappa shape index (κ1) is 20.7. The lowest BCUT2D eigenvalue weighted by atomic mass is 9.92. The molecule has 0 aliphatic heterocycles. The second-order valence-electron chi connectivity index (χ2n) is 7.09. The predicted octanol–water partition coefficient (Wildman–Crippen LogP) is 1.96. The third-order valence-corrected chi connectivity index (χ3v) is 5.04. The van der Waals surface area contributed by atoms with E-state index < -0.39 is 17.6 Å². The van der Waals surface area contributed by atoms with Crippen LogP contribution in [-0.4, -0.2) is 31.7 Å². The first-order valence-corrected chi connectivity index (χ1v) is 9.34. The van der Waals surface area contributed by atoms with Gasteiger partial charge >= 0.3 is 0 Å². The van der Waals surface area contributed by atoms with Crippen molar-refractivity contribution in [1.82, 2.24) is 19.9 Å². The Morgan fingerprint density at radius 2 is 1.94 bits per heavy atom. The average molecular weight is 433 g/mol. The normalized spacial score (nSPS) is 10.9. The number of carbonyl (C=O) groups excluding carboxylic acids is 2. The number of halogens is 1. The second-order valence-corrected chi connectivity index (χ2v) is 7.09. The van der Waals surface area contributed by atoms with Crippen LogP contribution in [0.3, 0.4) is 0 Å². The van der Waals surface area contributed by atoms with E-state index in [1.807, 2.05) is 6.07 Å². The van der Waals surface area contributed by atoms with E-state index in [2.05, 4.69) is 15.2 Å². The molecule has 32 heavy (non-hydrogen) atoms. The summed E-state index contributed by atoms with van der Waals surface area (Å²) in [7, 11) is 0. The number of hydrogen-bond donors (Lipinski definition) is 2. The molecule has 10 nitrogen and oxygen atoms in total. The highest BCUT2D eigenvalue weighted by Crippen LogP contribution is 2.36. The summed E-state index contributed by atoms with van der Waals surface area (Å²) in [6, 6.07) is 7.00. The third-order valence-electron chi connectivity index (χ3n) is 5.04. The molecule has 2 amide bonds. The van der Waals surface area contributed by atoms with Crippen LogP contribution in [0, 0.1) is 31.0 Å². The molecule has 0 bridgehead atoms. The maximum Gasteiger partial charge on any atom is 0.267 e. The molecule has 1 aromatic carbocycles. The van der Waals surface area contributed by atoms with E-state index in [9.17, 15) is 14.0 Å². The molecule has 11 heteroatoms. The van der Waals surface area contributed by atoms with Crippen LogP contribution in [0.25, 0.3) is 22.0 Å². The molecule has 0 aliphatic rings. The largest absolute Gasteiger partial charge is 0.366 e. The van der Waals surface area contributed by atoms with Gasteiger partial charge in [0.2, 0.25) is 5.91 Å². The molecular weight excluding hydrogens is 417 g/mol. The average Bonchev–Trinajstić information content (AvgIpc) is 3.30. The van der Waals surface area contributed by atoms with E-state index in [0.717, 1.165) is 6.07 Å². The summed E-state index contributed by atoms with van der Waals surface area (Å²) in [5.41, 5.74) is 12.8. The fourth-order valence-electron chi connectivity index (χ4n) is 3.72. The van der Waals surface area contributed by atoms with Gasteiger partial charge in [-0.2, -0.15) is 10.4 Å². The Bertz CT molecular complexity index is 1460. The van der Waals surface area contributed by atoms with Gasteiger partial charge < -0.3 is 16.0 Å². The summed E-state index contributed by atoms with van der Waals surface area (Å²) in [6.45, 7) is 3.55. The Morgan fingerprint density at radius 3 is 2.56 bits per heavy atom. The van der Waals surface area contributed by atoms with Crippen molar-refractivity contribution >= 4 is 22.7 Å². The van der Waals surface area contributed by atoms with Crippen molar-refractivity contribution in [3.63, 3.8) is 0 Å². The molecule has 0 saturated carbocycles. The van der Waals surface area contributed by atoms with Gasteiger partial charge in [0.05, 0.1) is 16.8 Å². The number of primary amides is 2. The Kier molecular flexibility index (Phi) is 4.90. The summed E-state index contributed by atoms with van der Waals surface area (Å²) < 4.78 is 20.5. The molecule has 0 fully saturated rings. The van der Waals surface area contributed by atoms with Gasteiger partial charge in [-0.25, -0.2) is 9.37 Å². The second kappa shape index (κ2) is 7.59. The zero-order valence-electron chi connectivity index (χ0n) is 17.0. The zero-order chi connectivity index (χ0) is 23.2. The van der Waals surface area contributed by atoms with Gasteiger partial charge in [0, 0.05) is 34.3 Å². The number of rotatable bonds is 5. The van der Waals surface area contributed by atoms with Crippen LogP contribution in [0.5, 0.6) is 0 Å². The van der Waals surface area contributed by atoms with Crippen molar-refractivity contribution < 1.29 is 18.5 Å². The molecule has 3 aromatic heterocycles. The van der Waals surface area contributed by atoms with E-state index in [1.54, 1.807) is 18.5 Å². The monoisotopic (exact) mass is 433 g/mol. The maximum atomic E-state index is 13.8. The molecule has 4 N–H and O–H groups in total. The van der Waals surface area contributed by atoms with Gasteiger partial charge in [0.25, 0.3) is 5.91 Å². The van der Waals surface area contributed by atoms with Crippen molar-refractivity contribution in [3.8, 4) is 17.2 Å². The minimum atomic E-state index is -0.908. The lowest BCUT2D eigenvalue weighted by Crippen LogP contribution is -2.21. The van der Waals surface area contributed by atoms with Crippen molar-refractivity contribution in [1.29, 1.82) is 5.26 Å². The Morgan fingerprint density at radius 1 is 1.19 bits per heavy atom. The van der Waals surface area contributed by atoms with Crippen LogP contribution in [-0.2, 0) is 6.54 Å². The lowest BCUT2D eigenvalue weighted by Gasteiger charge is -2.14. The molecule has 0 saturated heterocycles. The molecule has 4 aromatic rings. The number of benzene rings is 1. The Labute approximate surface area is 180 Å². The minimum absolute atomic E-state index is 0.0130. The van der Waals surface area contributed by atoms with Crippen LogP contribution < -0.4 is 11.5 Å². The fourth-order valence-corrected chi connectivity index (χ4v) is 3.72. The van der Waals surface area contributed by atoms with E-state index in [4.69, 9.17) is 21.3 Å². The number of amides is 2. The molecule has 0 spiro atoms. The van der Waals surface area contributed by atoms with E-state index >= 15 is 0 Å². The van der Waals surface area contributed by atoms with Crippen molar-refractivity contribution in [2.75, 3.05) is 0 Å². The van der Waals surface area contributed by atoms with E-state index in [1.165, 1.54) is 18.2 Å². The topological polar surface area (TPSA) is 167 Å². The smallest absolute Gasteiger partial charge is 0.267 e. The predicted molar refractivity (Wildman–Crippen MR) is 110 cm³/mol. The number of aromatic nitrogens is 4. The van der Waals surface area contributed by atoms with Crippen LogP contribution in [0.4, 0.5) is 4.39 Å². The summed E-state index contributed by atoms with van der Waals surface area (Å²) >= 11 is 0. The molecule has 0 unspecified atom stereocenters. The number of hydrogen-bond acceptors (Lipinski definition) is 7. The Balaban J connectivity index is 2.00. The van der Waals surface area contributed by atoms with Crippen molar-refractivity contribution in [2.45, 2.75) is 20.4 Å². The molecule has 0 aliphatic carbocycles. The molecule has 4 rings (SSSR count).